The molecule has 1 aromatic carbocycles. The molecular formula is C9H5BrClNS. The third-order valence-corrected chi connectivity index (χ3v) is 3.05. The summed E-state index contributed by atoms with van der Waals surface area (Å²) in [6.07, 6.45) is 0. The molecule has 1 aromatic heterocycles. The van der Waals surface area contributed by atoms with E-state index in [4.69, 9.17) is 11.6 Å². The quantitative estimate of drug-likeness (QED) is 0.758. The molecule has 0 bridgehead atoms. The zero-order valence-electron chi connectivity index (χ0n) is 6.50. The van der Waals surface area contributed by atoms with Crippen LogP contribution in [0.4, 0.5) is 0 Å². The van der Waals surface area contributed by atoms with Gasteiger partial charge < -0.3 is 0 Å². The van der Waals surface area contributed by atoms with Crippen molar-refractivity contribution in [1.82, 2.24) is 4.37 Å². The summed E-state index contributed by atoms with van der Waals surface area (Å²) in [6, 6.07) is 9.87. The number of halogens is 2. The molecule has 0 saturated heterocycles. The lowest BCUT2D eigenvalue weighted by Crippen LogP contribution is -1.74. The third-order valence-electron chi connectivity index (χ3n) is 1.62. The van der Waals surface area contributed by atoms with Crippen LogP contribution in [0.5, 0.6) is 0 Å². The van der Waals surface area contributed by atoms with Crippen LogP contribution in [-0.4, -0.2) is 4.37 Å². The van der Waals surface area contributed by atoms with Crippen molar-refractivity contribution in [2.24, 2.45) is 0 Å². The average Bonchev–Trinajstić information content (AvgIpc) is 2.53. The predicted molar refractivity (Wildman–Crippen MR) is 60.3 cm³/mol. The summed E-state index contributed by atoms with van der Waals surface area (Å²) in [4.78, 5) is 0. The summed E-state index contributed by atoms with van der Waals surface area (Å²) in [7, 11) is 0. The van der Waals surface area contributed by atoms with Crippen molar-refractivity contribution in [3.8, 4) is 11.3 Å². The van der Waals surface area contributed by atoms with Crippen LogP contribution in [0.15, 0.2) is 34.8 Å². The van der Waals surface area contributed by atoms with Gasteiger partial charge in [-0.15, -0.1) is 0 Å². The molecule has 0 unspecified atom stereocenters. The highest BCUT2D eigenvalue weighted by Crippen LogP contribution is 2.25. The van der Waals surface area contributed by atoms with Crippen LogP contribution in [0.1, 0.15) is 0 Å². The van der Waals surface area contributed by atoms with Crippen LogP contribution < -0.4 is 0 Å². The van der Waals surface area contributed by atoms with Crippen molar-refractivity contribution in [3.05, 3.63) is 39.1 Å². The molecule has 0 amide bonds. The zero-order valence-corrected chi connectivity index (χ0v) is 9.66. The van der Waals surface area contributed by atoms with Crippen LogP contribution in [0, 0.1) is 0 Å². The van der Waals surface area contributed by atoms with Gasteiger partial charge in [0.25, 0.3) is 0 Å². The molecule has 4 heteroatoms. The fraction of sp³-hybridized carbons (Fsp3) is 0. The Kier molecular flexibility index (Phi) is 2.67. The van der Waals surface area contributed by atoms with Gasteiger partial charge in [-0.3, -0.25) is 0 Å². The van der Waals surface area contributed by atoms with Crippen LogP contribution in [0.3, 0.4) is 0 Å². The van der Waals surface area contributed by atoms with E-state index in [1.165, 1.54) is 11.5 Å². The molecule has 0 atom stereocenters. The molecule has 2 aromatic rings. The normalized spacial score (nSPS) is 10.3. The largest absolute Gasteiger partial charge is 0.191 e. The van der Waals surface area contributed by atoms with E-state index in [1.807, 2.05) is 30.3 Å². The molecule has 0 radical (unpaired) electrons. The zero-order chi connectivity index (χ0) is 9.26. The fourth-order valence-electron chi connectivity index (χ4n) is 1.01. The van der Waals surface area contributed by atoms with Crippen molar-refractivity contribution in [2.75, 3.05) is 0 Å². The lowest BCUT2D eigenvalue weighted by atomic mass is 10.2. The molecule has 1 nitrogen and oxygen atoms in total. The van der Waals surface area contributed by atoms with Crippen molar-refractivity contribution in [1.29, 1.82) is 0 Å². The number of hydrogen-bond acceptors (Lipinski definition) is 2. The van der Waals surface area contributed by atoms with E-state index in [1.54, 1.807) is 0 Å². The topological polar surface area (TPSA) is 12.9 Å². The highest BCUT2D eigenvalue weighted by atomic mass is 79.9. The molecule has 13 heavy (non-hydrogen) atoms. The van der Waals surface area contributed by atoms with Gasteiger partial charge in [0.1, 0.15) is 4.34 Å². The molecule has 0 aliphatic heterocycles. The number of rotatable bonds is 1. The lowest BCUT2D eigenvalue weighted by Gasteiger charge is -1.94. The second-order valence-corrected chi connectivity index (χ2v) is 4.88. The highest BCUT2D eigenvalue weighted by molar-refractivity contribution is 9.10. The molecule has 0 spiro atoms. The first kappa shape index (κ1) is 9.19. The minimum atomic E-state index is 0.720. The monoisotopic (exact) mass is 273 g/mol. The average molecular weight is 275 g/mol. The van der Waals surface area contributed by atoms with E-state index in [2.05, 4.69) is 20.3 Å². The van der Waals surface area contributed by atoms with Gasteiger partial charge in [0.05, 0.1) is 5.69 Å². The van der Waals surface area contributed by atoms with E-state index < -0.39 is 0 Å². The molecule has 0 saturated carbocycles. The summed E-state index contributed by atoms with van der Waals surface area (Å²) in [5.74, 6) is 0. The Morgan fingerprint density at radius 3 is 2.46 bits per heavy atom. The van der Waals surface area contributed by atoms with Crippen LogP contribution in [0.2, 0.25) is 4.34 Å². The van der Waals surface area contributed by atoms with Gasteiger partial charge in [-0.1, -0.05) is 39.7 Å². The van der Waals surface area contributed by atoms with Gasteiger partial charge in [-0.2, -0.15) is 4.37 Å². The number of benzene rings is 1. The maximum atomic E-state index is 5.79. The van der Waals surface area contributed by atoms with Gasteiger partial charge in [-0.25, -0.2) is 0 Å². The van der Waals surface area contributed by atoms with Crippen LogP contribution >= 0.6 is 39.1 Å². The van der Waals surface area contributed by atoms with Gasteiger partial charge >= 0.3 is 0 Å². The standard InChI is InChI=1S/C9H5BrClNS/c10-7-3-1-6(2-4-7)8-5-9(11)13-12-8/h1-5H. The smallest absolute Gasteiger partial charge is 0.114 e. The number of nitrogens with zero attached hydrogens (tertiary/aromatic N) is 1. The van der Waals surface area contributed by atoms with E-state index in [0.717, 1.165) is 20.1 Å². The predicted octanol–water partition coefficient (Wildman–Crippen LogP) is 4.23. The van der Waals surface area contributed by atoms with Crippen molar-refractivity contribution >= 4 is 39.1 Å². The fourth-order valence-corrected chi connectivity index (χ4v) is 1.99. The molecule has 66 valence electrons. The first-order valence-electron chi connectivity index (χ1n) is 3.64. The molecule has 1 heterocycles. The highest BCUT2D eigenvalue weighted by Gasteiger charge is 2.01. The van der Waals surface area contributed by atoms with E-state index >= 15 is 0 Å². The Morgan fingerprint density at radius 1 is 1.23 bits per heavy atom. The molecule has 0 aliphatic rings. The Morgan fingerprint density at radius 2 is 1.92 bits per heavy atom. The number of aromatic nitrogens is 1. The molecule has 2 rings (SSSR count). The van der Waals surface area contributed by atoms with Gasteiger partial charge in [-0.05, 0) is 29.7 Å². The molecule has 0 N–H and O–H groups in total. The summed E-state index contributed by atoms with van der Waals surface area (Å²) < 4.78 is 6.00. The van der Waals surface area contributed by atoms with Gasteiger partial charge in [0.15, 0.2) is 0 Å². The summed E-state index contributed by atoms with van der Waals surface area (Å²) >= 11 is 10.5. The SMILES string of the molecule is Clc1cc(-c2ccc(Br)cc2)ns1. The summed E-state index contributed by atoms with van der Waals surface area (Å²) in [5.41, 5.74) is 2.02. The molecule has 0 fully saturated rings. The number of hydrogen-bond donors (Lipinski definition) is 0. The van der Waals surface area contributed by atoms with Crippen molar-refractivity contribution < 1.29 is 0 Å². The first-order chi connectivity index (χ1) is 6.25. The van der Waals surface area contributed by atoms with Crippen molar-refractivity contribution in [2.45, 2.75) is 0 Å². The summed E-state index contributed by atoms with van der Waals surface area (Å²) in [6.45, 7) is 0. The Labute approximate surface area is 93.7 Å². The third kappa shape index (κ3) is 2.10. The maximum Gasteiger partial charge on any atom is 0.114 e. The molecular weight excluding hydrogens is 270 g/mol. The lowest BCUT2D eigenvalue weighted by molar-refractivity contribution is 1.51. The van der Waals surface area contributed by atoms with E-state index in [-0.39, 0.29) is 0 Å². The van der Waals surface area contributed by atoms with Gasteiger partial charge in [0, 0.05) is 10.0 Å². The Balaban J connectivity index is 2.41. The van der Waals surface area contributed by atoms with Gasteiger partial charge in [0.2, 0.25) is 0 Å². The Bertz CT molecular complexity index is 410. The van der Waals surface area contributed by atoms with E-state index in [9.17, 15) is 0 Å². The molecule has 0 aliphatic carbocycles. The van der Waals surface area contributed by atoms with Crippen LogP contribution in [-0.2, 0) is 0 Å². The second-order valence-electron chi connectivity index (χ2n) is 2.52. The van der Waals surface area contributed by atoms with E-state index in [0.29, 0.717) is 0 Å². The maximum absolute atomic E-state index is 5.79. The summed E-state index contributed by atoms with van der Waals surface area (Å²) in [5, 5.41) is 0. The second kappa shape index (κ2) is 3.78. The van der Waals surface area contributed by atoms with Crippen LogP contribution in [0.25, 0.3) is 11.3 Å². The minimum absolute atomic E-state index is 0.720. The Hall–Kier alpha value is -0.380. The van der Waals surface area contributed by atoms with Crippen molar-refractivity contribution in [3.63, 3.8) is 0 Å². The first-order valence-corrected chi connectivity index (χ1v) is 5.58. The minimum Gasteiger partial charge on any atom is -0.191 e.